The molecule has 3 fully saturated rings. The van der Waals surface area contributed by atoms with Crippen molar-refractivity contribution in [3.05, 3.63) is 0 Å². The van der Waals surface area contributed by atoms with Gasteiger partial charge < -0.3 is 83.3 Å². The Bertz CT molecular complexity index is 2460. The predicted molar refractivity (Wildman–Crippen MR) is 400 cm³/mol. The zero-order chi connectivity index (χ0) is 78.9. The summed E-state index contributed by atoms with van der Waals surface area (Å²) in [7, 11) is 0. The van der Waals surface area contributed by atoms with Gasteiger partial charge in [-0.2, -0.15) is 0 Å². The van der Waals surface area contributed by atoms with Gasteiger partial charge >= 0.3 is 41.9 Å². The Balaban J connectivity index is 1.29. The smallest absolute Gasteiger partial charge is 0.414 e. The fraction of sp³-hybridized carbons (Fsp3) is 0.875. The number of hydrogen-bond donors (Lipinski definition) is 4. The van der Waals surface area contributed by atoms with E-state index < -0.39 is 36.5 Å². The van der Waals surface area contributed by atoms with Crippen molar-refractivity contribution < 1.29 is 110 Å². The van der Waals surface area contributed by atoms with Crippen LogP contribution in [-0.2, 0) is 105 Å². The first-order chi connectivity index (χ1) is 51.1. The molecular weight excluding hydrogens is 1380 g/mol. The van der Waals surface area contributed by atoms with Crippen LogP contribution in [0.2, 0.25) is 0 Å². The van der Waals surface area contributed by atoms with Crippen molar-refractivity contribution >= 4 is 59.5 Å². The quantitative estimate of drug-likeness (QED) is 0.0190. The van der Waals surface area contributed by atoms with Crippen molar-refractivity contribution in [2.45, 2.75) is 312 Å². The van der Waals surface area contributed by atoms with E-state index in [0.29, 0.717) is 147 Å². The minimum Gasteiger partial charge on any atom is -0.466 e. The van der Waals surface area contributed by atoms with Gasteiger partial charge in [-0.25, -0.2) is 4.79 Å². The van der Waals surface area contributed by atoms with Crippen molar-refractivity contribution in [1.82, 2.24) is 16.0 Å². The Labute approximate surface area is 639 Å². The van der Waals surface area contributed by atoms with Crippen LogP contribution >= 0.6 is 0 Å². The Kier molecular flexibility index (Phi) is 50.0. The maximum atomic E-state index is 12.7. The molecular formula is C80H140N4O23. The molecule has 0 aromatic carbocycles. The second-order valence-electron chi connectivity index (χ2n) is 30.5. The monoisotopic (exact) mass is 1520 g/mol. The molecule has 618 valence electrons. The van der Waals surface area contributed by atoms with Crippen LogP contribution in [0.4, 0.5) is 4.79 Å². The number of hydrogen-bond acceptors (Lipinski definition) is 24. The van der Waals surface area contributed by atoms with Crippen LogP contribution in [0.15, 0.2) is 0 Å². The molecule has 0 radical (unpaired) electrons. The molecule has 3 aliphatic heterocycles. The number of nitrogens with two attached hydrogens (primary N) is 1. The minimum atomic E-state index is -0.920. The van der Waals surface area contributed by atoms with Gasteiger partial charge in [0.05, 0.1) is 71.0 Å². The second kappa shape index (κ2) is 55.9. The van der Waals surface area contributed by atoms with Gasteiger partial charge in [0.25, 0.3) is 0 Å². The van der Waals surface area contributed by atoms with Gasteiger partial charge in [0.15, 0.2) is 18.9 Å². The molecule has 0 saturated carbocycles. The summed E-state index contributed by atoms with van der Waals surface area (Å²) in [5, 5.41) is 8.57. The number of carbonyl (C=O) groups is 10. The van der Waals surface area contributed by atoms with E-state index in [0.717, 1.165) is 77.0 Å². The molecule has 5 N–H and O–H groups in total. The first-order valence-corrected chi connectivity index (χ1v) is 40.5. The highest BCUT2D eigenvalue weighted by Gasteiger charge is 2.43. The fourth-order valence-corrected chi connectivity index (χ4v) is 13.6. The number of ether oxygens (including phenoxy) is 13. The molecule has 3 saturated heterocycles. The standard InChI is InChI=1S/C80H140N4O23/c1-55-58(4)68(51-101-64(10)85)104-76(61(55)7)98-45-28-34-67(88)33-22-16-13-21-27-44-84-79(94)107-75(93)39-50-95-54-80(81,40-31-48-96-73(91)37-23-17-14-19-25-42-82-71(89)35-29-46-99-77-62(8)56(2)59(5)69(105-77)52-102-65(11)86)41-32-49-97-74(92)38-24-18-15-20-26-43-83-72(90)36-30-47-100-78-63(9)57(3)60(6)70(106-78)53-103-66(12)87/h55-63,68-70,76-78H,13-54,81H2,1-12H3,(H,82,89)(H,83,90)(H,84,94). The lowest BCUT2D eigenvalue weighted by Gasteiger charge is -2.43. The third-order valence-electron chi connectivity index (χ3n) is 21.7. The molecule has 3 rings (SSSR count). The highest BCUT2D eigenvalue weighted by Crippen LogP contribution is 2.38. The number of esters is 6. The Morgan fingerprint density at radius 3 is 1.06 bits per heavy atom. The van der Waals surface area contributed by atoms with Crippen molar-refractivity contribution in [2.75, 3.05) is 85.7 Å². The summed E-state index contributed by atoms with van der Waals surface area (Å²) in [5.41, 5.74) is 5.99. The van der Waals surface area contributed by atoms with Crippen LogP contribution in [0.5, 0.6) is 0 Å². The third-order valence-corrected chi connectivity index (χ3v) is 21.7. The van der Waals surface area contributed by atoms with Gasteiger partial charge in [0.1, 0.15) is 25.6 Å². The topological polar surface area (TPSA) is 353 Å². The van der Waals surface area contributed by atoms with E-state index in [1.54, 1.807) is 0 Å². The second-order valence-corrected chi connectivity index (χ2v) is 30.5. The van der Waals surface area contributed by atoms with Gasteiger partial charge in [-0.05, 0) is 119 Å². The van der Waals surface area contributed by atoms with E-state index in [1.165, 1.54) is 20.8 Å². The summed E-state index contributed by atoms with van der Waals surface area (Å²) in [6.07, 6.45) is 14.7. The average molecular weight is 1530 g/mol. The van der Waals surface area contributed by atoms with Crippen molar-refractivity contribution in [3.8, 4) is 0 Å². The van der Waals surface area contributed by atoms with Gasteiger partial charge in [0.2, 0.25) is 11.8 Å². The van der Waals surface area contributed by atoms with Crippen LogP contribution < -0.4 is 21.7 Å². The number of amides is 3. The number of alkyl carbamates (subject to hydrolysis) is 1. The molecule has 3 amide bonds. The molecule has 15 atom stereocenters. The van der Waals surface area contributed by atoms with Crippen LogP contribution in [0.3, 0.4) is 0 Å². The maximum Gasteiger partial charge on any atom is 0.414 e. The average Bonchev–Trinajstić information content (AvgIpc) is 0.832. The van der Waals surface area contributed by atoms with Crippen LogP contribution in [-0.4, -0.2) is 188 Å². The minimum absolute atomic E-state index is 0.0375. The van der Waals surface area contributed by atoms with Crippen LogP contribution in [0.25, 0.3) is 0 Å². The number of Topliss-reactive ketones (excluding diaryl/α,β-unsaturated/α-hetero) is 1. The molecule has 27 nitrogen and oxygen atoms in total. The maximum absolute atomic E-state index is 12.7. The lowest BCUT2D eigenvalue weighted by atomic mass is 9.79. The summed E-state index contributed by atoms with van der Waals surface area (Å²) in [4.78, 5) is 122. The molecule has 107 heavy (non-hydrogen) atoms. The largest absolute Gasteiger partial charge is 0.466 e. The summed E-state index contributed by atoms with van der Waals surface area (Å²) < 4.78 is 74.2. The van der Waals surface area contributed by atoms with Gasteiger partial charge in [-0.15, -0.1) is 0 Å². The lowest BCUT2D eigenvalue weighted by Crippen LogP contribution is -2.47. The number of unbranched alkanes of at least 4 members (excludes halogenated alkanes) is 12. The van der Waals surface area contributed by atoms with Crippen molar-refractivity contribution in [3.63, 3.8) is 0 Å². The van der Waals surface area contributed by atoms with Crippen molar-refractivity contribution in [2.24, 2.45) is 59.0 Å². The Morgan fingerprint density at radius 2 is 0.673 bits per heavy atom. The van der Waals surface area contributed by atoms with E-state index in [4.69, 9.17) is 67.3 Å². The normalized spacial score (nSPS) is 24.8. The lowest BCUT2D eigenvalue weighted by molar-refractivity contribution is -0.255. The van der Waals surface area contributed by atoms with Gasteiger partial charge in [-0.1, -0.05) is 120 Å². The zero-order valence-corrected chi connectivity index (χ0v) is 67.3. The molecule has 0 aromatic rings. The molecule has 0 bridgehead atoms. The highest BCUT2D eigenvalue weighted by atomic mass is 16.7. The van der Waals surface area contributed by atoms with E-state index in [2.05, 4.69) is 78.3 Å². The molecule has 0 spiro atoms. The van der Waals surface area contributed by atoms with E-state index in [1.807, 2.05) is 0 Å². The molecule has 0 aliphatic carbocycles. The Hall–Kier alpha value is -5.42. The zero-order valence-electron chi connectivity index (χ0n) is 67.3. The van der Waals surface area contributed by atoms with E-state index >= 15 is 0 Å². The van der Waals surface area contributed by atoms with Gasteiger partial charge in [0, 0.05) is 102 Å². The number of ketones is 1. The summed E-state index contributed by atoms with van der Waals surface area (Å²) in [6.45, 7) is 26.6. The molecule has 15 unspecified atom stereocenters. The SMILES string of the molecule is CC(=O)OCC1OC(OCCCC(=O)CCCCCCCNC(=O)OC(=O)CCOCC(N)(CCCOC(=O)CCCCCCCNC(=O)CCCOC2OC(COC(C)=O)C(C)C(C)C2C)CCCOC(=O)CCCCCCCNC(=O)CCCOC2OC(COC(C)=O)C(C)C(C)C2C)C(C)C(C)C1C. The number of nitrogens with one attached hydrogen (secondary N) is 3. The van der Waals surface area contributed by atoms with Crippen LogP contribution in [0, 0.1) is 53.3 Å². The molecule has 3 aliphatic rings. The van der Waals surface area contributed by atoms with Gasteiger partial charge in [-0.3, -0.25) is 43.2 Å². The third kappa shape index (κ3) is 42.5. The van der Waals surface area contributed by atoms with E-state index in [-0.39, 0.29) is 167 Å². The fourth-order valence-electron chi connectivity index (χ4n) is 13.6. The number of rotatable bonds is 58. The number of carbonyl (C=O) groups excluding carboxylic acids is 10. The van der Waals surface area contributed by atoms with E-state index in [9.17, 15) is 47.9 Å². The summed E-state index contributed by atoms with van der Waals surface area (Å²) in [6, 6.07) is 0. The predicted octanol–water partition coefficient (Wildman–Crippen LogP) is 11.8. The van der Waals surface area contributed by atoms with Crippen molar-refractivity contribution in [1.29, 1.82) is 0 Å². The Morgan fingerprint density at radius 1 is 0.336 bits per heavy atom. The molecule has 3 heterocycles. The molecule has 0 aromatic heterocycles. The first kappa shape index (κ1) is 95.8. The summed E-state index contributed by atoms with van der Waals surface area (Å²) >= 11 is 0. The first-order valence-electron chi connectivity index (χ1n) is 40.5. The van der Waals surface area contributed by atoms with Crippen LogP contribution in [0.1, 0.15) is 269 Å². The summed E-state index contributed by atoms with van der Waals surface area (Å²) in [5.74, 6) is -0.303. The highest BCUT2D eigenvalue weighted by molar-refractivity contribution is 5.84. The molecule has 27 heteroatoms.